The molecule has 3 rings (SSSR count). The smallest absolute Gasteiger partial charge is 0.357 e. The van der Waals surface area contributed by atoms with Crippen molar-refractivity contribution in [2.75, 3.05) is 0 Å². The molecular formula is C14H9NO3S. The van der Waals surface area contributed by atoms with E-state index in [0.29, 0.717) is 5.22 Å². The molecule has 0 aliphatic carbocycles. The van der Waals surface area contributed by atoms with Gasteiger partial charge in [-0.05, 0) is 34.7 Å². The first-order valence-corrected chi connectivity index (χ1v) is 6.39. The highest BCUT2D eigenvalue weighted by Gasteiger charge is 2.11. The number of oxazole rings is 1. The second kappa shape index (κ2) is 4.78. The number of carboxylic acid groups (broad SMARTS) is 1. The fourth-order valence-corrected chi connectivity index (χ4v) is 2.50. The molecule has 94 valence electrons. The summed E-state index contributed by atoms with van der Waals surface area (Å²) in [6.45, 7) is 0. The Balaban J connectivity index is 1.89. The molecule has 0 fully saturated rings. The molecule has 1 heterocycles. The van der Waals surface area contributed by atoms with Gasteiger partial charge in [0.25, 0.3) is 5.22 Å². The zero-order valence-corrected chi connectivity index (χ0v) is 10.6. The third-order valence-electron chi connectivity index (χ3n) is 2.63. The summed E-state index contributed by atoms with van der Waals surface area (Å²) in [4.78, 5) is 15.5. The number of rotatable bonds is 3. The van der Waals surface area contributed by atoms with Gasteiger partial charge < -0.3 is 9.52 Å². The molecule has 0 bridgehead atoms. The Kier molecular flexibility index (Phi) is 2.97. The normalized spacial score (nSPS) is 10.7. The van der Waals surface area contributed by atoms with Crippen LogP contribution in [0.4, 0.5) is 0 Å². The van der Waals surface area contributed by atoms with Gasteiger partial charge in [0.15, 0.2) is 5.69 Å². The van der Waals surface area contributed by atoms with E-state index in [4.69, 9.17) is 9.52 Å². The molecule has 0 saturated carbocycles. The molecule has 0 saturated heterocycles. The van der Waals surface area contributed by atoms with Crippen LogP contribution in [0.2, 0.25) is 0 Å². The van der Waals surface area contributed by atoms with Gasteiger partial charge >= 0.3 is 5.97 Å². The van der Waals surface area contributed by atoms with Crippen LogP contribution < -0.4 is 0 Å². The zero-order chi connectivity index (χ0) is 13.2. The number of hydrogen-bond acceptors (Lipinski definition) is 4. The average molecular weight is 271 g/mol. The van der Waals surface area contributed by atoms with Crippen LogP contribution >= 0.6 is 11.8 Å². The molecule has 0 aliphatic rings. The maximum absolute atomic E-state index is 10.7. The molecule has 19 heavy (non-hydrogen) atoms. The lowest BCUT2D eigenvalue weighted by Crippen LogP contribution is -1.95. The lowest BCUT2D eigenvalue weighted by molar-refractivity contribution is 0.0690. The molecule has 3 aromatic rings. The summed E-state index contributed by atoms with van der Waals surface area (Å²) in [7, 11) is 0. The molecule has 0 radical (unpaired) electrons. The Morgan fingerprint density at radius 2 is 1.95 bits per heavy atom. The van der Waals surface area contributed by atoms with Crippen LogP contribution in [0.3, 0.4) is 0 Å². The zero-order valence-electron chi connectivity index (χ0n) is 9.74. The van der Waals surface area contributed by atoms with Crippen LogP contribution in [-0.4, -0.2) is 16.1 Å². The van der Waals surface area contributed by atoms with E-state index < -0.39 is 5.97 Å². The number of carboxylic acids is 1. The lowest BCUT2D eigenvalue weighted by atomic mass is 10.1. The maximum Gasteiger partial charge on any atom is 0.357 e. The predicted octanol–water partition coefficient (Wildman–Crippen LogP) is 3.68. The second-order valence-electron chi connectivity index (χ2n) is 3.91. The number of nitrogens with zero attached hydrogens (tertiary/aromatic N) is 1. The van der Waals surface area contributed by atoms with Crippen molar-refractivity contribution in [2.45, 2.75) is 10.1 Å². The van der Waals surface area contributed by atoms with Gasteiger partial charge in [-0.15, -0.1) is 0 Å². The average Bonchev–Trinajstić information content (AvgIpc) is 2.87. The fraction of sp³-hybridized carbons (Fsp3) is 0. The van der Waals surface area contributed by atoms with E-state index in [2.05, 4.69) is 4.98 Å². The minimum Gasteiger partial charge on any atom is -0.476 e. The third kappa shape index (κ3) is 2.46. The monoisotopic (exact) mass is 271 g/mol. The molecule has 0 spiro atoms. The van der Waals surface area contributed by atoms with Crippen LogP contribution in [-0.2, 0) is 0 Å². The first kappa shape index (κ1) is 11.8. The van der Waals surface area contributed by atoms with E-state index in [1.54, 1.807) is 0 Å². The van der Waals surface area contributed by atoms with Gasteiger partial charge in [0.2, 0.25) is 0 Å². The number of aromatic nitrogens is 1. The van der Waals surface area contributed by atoms with Crippen LogP contribution in [0.15, 0.2) is 63.3 Å². The lowest BCUT2D eigenvalue weighted by Gasteiger charge is -2.00. The fourth-order valence-electron chi connectivity index (χ4n) is 1.73. The van der Waals surface area contributed by atoms with Gasteiger partial charge in [-0.2, -0.15) is 4.98 Å². The number of aromatic carboxylic acids is 1. The SMILES string of the molecule is O=C(O)c1coc(Sc2ccc3ccccc3c2)n1. The van der Waals surface area contributed by atoms with Crippen molar-refractivity contribution in [3.8, 4) is 0 Å². The Bertz CT molecular complexity index is 751. The molecule has 0 aliphatic heterocycles. The maximum atomic E-state index is 10.7. The van der Waals surface area contributed by atoms with Crippen molar-refractivity contribution >= 4 is 28.5 Å². The van der Waals surface area contributed by atoms with Crippen molar-refractivity contribution < 1.29 is 14.3 Å². The summed E-state index contributed by atoms with van der Waals surface area (Å²) in [6.07, 6.45) is 1.14. The van der Waals surface area contributed by atoms with Crippen LogP contribution in [0, 0.1) is 0 Å². The minimum absolute atomic E-state index is 0.0803. The summed E-state index contributed by atoms with van der Waals surface area (Å²) >= 11 is 1.30. The van der Waals surface area contributed by atoms with Gasteiger partial charge in [0.1, 0.15) is 6.26 Å². The van der Waals surface area contributed by atoms with Gasteiger partial charge in [-0.25, -0.2) is 4.79 Å². The molecule has 5 heteroatoms. The van der Waals surface area contributed by atoms with E-state index in [-0.39, 0.29) is 5.69 Å². The summed E-state index contributed by atoms with van der Waals surface area (Å²) in [6, 6.07) is 14.0. The molecule has 2 aromatic carbocycles. The standard InChI is InChI=1S/C14H9NO3S/c16-13(17)12-8-18-14(15-12)19-11-6-5-9-3-1-2-4-10(9)7-11/h1-8H,(H,16,17). The van der Waals surface area contributed by atoms with Crippen LogP contribution in [0.1, 0.15) is 10.5 Å². The van der Waals surface area contributed by atoms with Crippen molar-refractivity contribution in [1.82, 2.24) is 4.98 Å². The Morgan fingerprint density at radius 1 is 1.16 bits per heavy atom. The Labute approximate surface area is 113 Å². The van der Waals surface area contributed by atoms with E-state index in [9.17, 15) is 4.79 Å². The topological polar surface area (TPSA) is 63.3 Å². The molecule has 0 amide bonds. The molecule has 1 N–H and O–H groups in total. The summed E-state index contributed by atoms with van der Waals surface area (Å²) < 4.78 is 5.11. The van der Waals surface area contributed by atoms with Crippen LogP contribution in [0.25, 0.3) is 10.8 Å². The molecule has 0 unspecified atom stereocenters. The molecule has 4 nitrogen and oxygen atoms in total. The Hall–Kier alpha value is -2.27. The van der Waals surface area contributed by atoms with Crippen molar-refractivity contribution in [3.63, 3.8) is 0 Å². The third-order valence-corrected chi connectivity index (χ3v) is 3.48. The second-order valence-corrected chi connectivity index (χ2v) is 4.94. The number of fused-ring (bicyclic) bond motifs is 1. The summed E-state index contributed by atoms with van der Waals surface area (Å²) in [5.74, 6) is -1.09. The van der Waals surface area contributed by atoms with E-state index in [1.165, 1.54) is 11.8 Å². The van der Waals surface area contributed by atoms with Gasteiger partial charge in [0, 0.05) is 4.90 Å². The molecule has 1 aromatic heterocycles. The summed E-state index contributed by atoms with van der Waals surface area (Å²) in [5, 5.41) is 11.4. The molecule has 0 atom stereocenters. The van der Waals surface area contributed by atoms with E-state index in [1.807, 2.05) is 42.5 Å². The number of benzene rings is 2. The van der Waals surface area contributed by atoms with Gasteiger partial charge in [-0.3, -0.25) is 0 Å². The predicted molar refractivity (Wildman–Crippen MR) is 71.5 cm³/mol. The highest BCUT2D eigenvalue weighted by Crippen LogP contribution is 2.29. The van der Waals surface area contributed by atoms with Crippen molar-refractivity contribution in [3.05, 3.63) is 54.4 Å². The number of carbonyl (C=O) groups is 1. The first-order chi connectivity index (χ1) is 9.22. The Morgan fingerprint density at radius 3 is 2.68 bits per heavy atom. The van der Waals surface area contributed by atoms with Gasteiger partial charge in [-0.1, -0.05) is 30.3 Å². The highest BCUT2D eigenvalue weighted by atomic mass is 32.2. The summed E-state index contributed by atoms with van der Waals surface area (Å²) in [5.41, 5.74) is -0.0803. The van der Waals surface area contributed by atoms with E-state index in [0.717, 1.165) is 21.9 Å². The van der Waals surface area contributed by atoms with Crippen molar-refractivity contribution in [2.24, 2.45) is 0 Å². The van der Waals surface area contributed by atoms with Gasteiger partial charge in [0.05, 0.1) is 0 Å². The highest BCUT2D eigenvalue weighted by molar-refractivity contribution is 7.99. The first-order valence-electron chi connectivity index (χ1n) is 5.58. The van der Waals surface area contributed by atoms with Crippen molar-refractivity contribution in [1.29, 1.82) is 0 Å². The number of hydrogen-bond donors (Lipinski definition) is 1. The quantitative estimate of drug-likeness (QED) is 0.787. The molecular weight excluding hydrogens is 262 g/mol. The van der Waals surface area contributed by atoms with Crippen LogP contribution in [0.5, 0.6) is 0 Å². The minimum atomic E-state index is -1.09. The largest absolute Gasteiger partial charge is 0.476 e. The van der Waals surface area contributed by atoms with E-state index >= 15 is 0 Å².